The van der Waals surface area contributed by atoms with Crippen LogP contribution >= 0.6 is 0 Å². The standard InChI is InChI=1S/C15H21N3/c1-2-18-10-12(9-17-13-6-7-13)14-5-3-4-11(8-16)15(14)18/h3-5,10,13,17H,2,6-9,16H2,1H3. The van der Waals surface area contributed by atoms with Crippen molar-refractivity contribution in [3.8, 4) is 0 Å². The van der Waals surface area contributed by atoms with E-state index in [0.29, 0.717) is 6.54 Å². The number of nitrogens with two attached hydrogens (primary N) is 1. The quantitative estimate of drug-likeness (QED) is 0.846. The van der Waals surface area contributed by atoms with Gasteiger partial charge in [0.05, 0.1) is 5.52 Å². The van der Waals surface area contributed by atoms with Crippen LogP contribution in [-0.2, 0) is 19.6 Å². The molecule has 3 nitrogen and oxygen atoms in total. The molecule has 0 saturated heterocycles. The Morgan fingerprint density at radius 1 is 1.33 bits per heavy atom. The van der Waals surface area contributed by atoms with Crippen molar-refractivity contribution in [3.63, 3.8) is 0 Å². The van der Waals surface area contributed by atoms with E-state index in [1.54, 1.807) is 0 Å². The van der Waals surface area contributed by atoms with E-state index in [2.05, 4.69) is 41.2 Å². The van der Waals surface area contributed by atoms with Crippen LogP contribution in [0.4, 0.5) is 0 Å². The lowest BCUT2D eigenvalue weighted by atomic mass is 10.1. The van der Waals surface area contributed by atoms with Gasteiger partial charge in [-0.2, -0.15) is 0 Å². The molecular formula is C15H21N3. The van der Waals surface area contributed by atoms with Gasteiger partial charge >= 0.3 is 0 Å². The van der Waals surface area contributed by atoms with Crippen molar-refractivity contribution < 1.29 is 0 Å². The maximum absolute atomic E-state index is 5.85. The average Bonchev–Trinajstić information content (AvgIpc) is 3.17. The first kappa shape index (κ1) is 11.8. The van der Waals surface area contributed by atoms with Crippen molar-refractivity contribution >= 4 is 10.9 Å². The van der Waals surface area contributed by atoms with E-state index in [4.69, 9.17) is 5.73 Å². The summed E-state index contributed by atoms with van der Waals surface area (Å²) in [6.07, 6.45) is 4.94. The summed E-state index contributed by atoms with van der Waals surface area (Å²) in [5.74, 6) is 0. The molecule has 0 spiro atoms. The van der Waals surface area contributed by atoms with Crippen molar-refractivity contribution in [3.05, 3.63) is 35.5 Å². The van der Waals surface area contributed by atoms with Gasteiger partial charge in [-0.15, -0.1) is 0 Å². The largest absolute Gasteiger partial charge is 0.347 e. The summed E-state index contributed by atoms with van der Waals surface area (Å²) in [4.78, 5) is 0. The van der Waals surface area contributed by atoms with Gasteiger partial charge in [-0.3, -0.25) is 0 Å². The Morgan fingerprint density at radius 3 is 2.83 bits per heavy atom. The fraction of sp³-hybridized carbons (Fsp3) is 0.467. The molecule has 3 heteroatoms. The lowest BCUT2D eigenvalue weighted by Gasteiger charge is -2.05. The maximum Gasteiger partial charge on any atom is 0.0529 e. The number of para-hydroxylation sites is 1. The number of hydrogen-bond acceptors (Lipinski definition) is 2. The van der Waals surface area contributed by atoms with Crippen molar-refractivity contribution in [2.45, 2.75) is 45.4 Å². The molecule has 1 aromatic carbocycles. The maximum atomic E-state index is 5.85. The number of aromatic nitrogens is 1. The van der Waals surface area contributed by atoms with Crippen LogP contribution in [0, 0.1) is 0 Å². The van der Waals surface area contributed by atoms with Crippen LogP contribution in [0.5, 0.6) is 0 Å². The summed E-state index contributed by atoms with van der Waals surface area (Å²) in [6, 6.07) is 7.21. The molecule has 0 amide bonds. The molecule has 96 valence electrons. The summed E-state index contributed by atoms with van der Waals surface area (Å²) in [5, 5.41) is 4.95. The van der Waals surface area contributed by atoms with Gasteiger partial charge in [-0.25, -0.2) is 0 Å². The van der Waals surface area contributed by atoms with E-state index in [-0.39, 0.29) is 0 Å². The van der Waals surface area contributed by atoms with E-state index in [1.807, 2.05) is 0 Å². The van der Waals surface area contributed by atoms with Crippen LogP contribution in [0.2, 0.25) is 0 Å². The predicted octanol–water partition coefficient (Wildman–Crippen LogP) is 2.37. The fourth-order valence-electron chi connectivity index (χ4n) is 2.61. The van der Waals surface area contributed by atoms with Crippen LogP contribution < -0.4 is 11.1 Å². The molecule has 0 radical (unpaired) electrons. The van der Waals surface area contributed by atoms with Crippen LogP contribution in [0.25, 0.3) is 10.9 Å². The Kier molecular flexibility index (Phi) is 3.10. The number of nitrogens with one attached hydrogen (secondary N) is 1. The summed E-state index contributed by atoms with van der Waals surface area (Å²) >= 11 is 0. The summed E-state index contributed by atoms with van der Waals surface area (Å²) in [5.41, 5.74) is 9.81. The topological polar surface area (TPSA) is 43.0 Å². The third-order valence-corrected chi connectivity index (χ3v) is 3.78. The van der Waals surface area contributed by atoms with Gasteiger partial charge in [0.1, 0.15) is 0 Å². The highest BCUT2D eigenvalue weighted by atomic mass is 15.0. The van der Waals surface area contributed by atoms with E-state index >= 15 is 0 Å². The molecule has 1 aliphatic rings. The second kappa shape index (κ2) is 4.75. The number of fused-ring (bicyclic) bond motifs is 1. The molecule has 0 bridgehead atoms. The molecule has 0 unspecified atom stereocenters. The normalized spacial score (nSPS) is 15.4. The molecule has 0 aliphatic heterocycles. The molecule has 3 rings (SSSR count). The van der Waals surface area contributed by atoms with E-state index in [1.165, 1.54) is 34.9 Å². The van der Waals surface area contributed by atoms with Crippen LogP contribution in [0.3, 0.4) is 0 Å². The molecule has 0 atom stereocenters. The van der Waals surface area contributed by atoms with Gasteiger partial charge in [0.25, 0.3) is 0 Å². The molecule has 1 heterocycles. The van der Waals surface area contributed by atoms with Crippen molar-refractivity contribution in [2.24, 2.45) is 5.73 Å². The first-order valence-electron chi connectivity index (χ1n) is 6.86. The Labute approximate surface area is 108 Å². The third kappa shape index (κ3) is 2.04. The van der Waals surface area contributed by atoms with Gasteiger partial charge in [0.15, 0.2) is 0 Å². The van der Waals surface area contributed by atoms with E-state index in [9.17, 15) is 0 Å². The van der Waals surface area contributed by atoms with Crippen LogP contribution in [0.15, 0.2) is 24.4 Å². The molecule has 1 aliphatic carbocycles. The molecule has 18 heavy (non-hydrogen) atoms. The number of rotatable bonds is 5. The Balaban J connectivity index is 2.02. The van der Waals surface area contributed by atoms with Crippen molar-refractivity contribution in [2.75, 3.05) is 0 Å². The second-order valence-electron chi connectivity index (χ2n) is 5.11. The van der Waals surface area contributed by atoms with Crippen LogP contribution in [0.1, 0.15) is 30.9 Å². The monoisotopic (exact) mass is 243 g/mol. The SMILES string of the molecule is CCn1cc(CNC2CC2)c2cccc(CN)c21. The molecular weight excluding hydrogens is 222 g/mol. The molecule has 1 saturated carbocycles. The predicted molar refractivity (Wildman–Crippen MR) is 75.4 cm³/mol. The number of hydrogen-bond donors (Lipinski definition) is 2. The van der Waals surface area contributed by atoms with Crippen molar-refractivity contribution in [1.29, 1.82) is 0 Å². The van der Waals surface area contributed by atoms with Crippen molar-refractivity contribution in [1.82, 2.24) is 9.88 Å². The third-order valence-electron chi connectivity index (χ3n) is 3.78. The summed E-state index contributed by atoms with van der Waals surface area (Å²) < 4.78 is 2.32. The van der Waals surface area contributed by atoms with Gasteiger partial charge in [0.2, 0.25) is 0 Å². The average molecular weight is 243 g/mol. The van der Waals surface area contributed by atoms with Gasteiger partial charge < -0.3 is 15.6 Å². The molecule has 3 N–H and O–H groups in total. The van der Waals surface area contributed by atoms with Gasteiger partial charge in [0, 0.05) is 37.3 Å². The highest BCUT2D eigenvalue weighted by molar-refractivity contribution is 5.86. The lowest BCUT2D eigenvalue weighted by molar-refractivity contribution is 0.685. The first-order chi connectivity index (χ1) is 8.83. The van der Waals surface area contributed by atoms with Gasteiger partial charge in [-0.1, -0.05) is 18.2 Å². The highest BCUT2D eigenvalue weighted by Crippen LogP contribution is 2.26. The Morgan fingerprint density at radius 2 is 2.17 bits per heavy atom. The summed E-state index contributed by atoms with van der Waals surface area (Å²) in [7, 11) is 0. The zero-order valence-corrected chi connectivity index (χ0v) is 10.9. The molecule has 1 aromatic heterocycles. The number of nitrogens with zero attached hydrogens (tertiary/aromatic N) is 1. The minimum atomic E-state index is 0.608. The summed E-state index contributed by atoms with van der Waals surface area (Å²) in [6.45, 7) is 4.76. The van der Waals surface area contributed by atoms with Gasteiger partial charge in [-0.05, 0) is 30.9 Å². The zero-order chi connectivity index (χ0) is 12.5. The smallest absolute Gasteiger partial charge is 0.0529 e. The number of aryl methyl sites for hydroxylation is 1. The number of benzene rings is 1. The minimum Gasteiger partial charge on any atom is -0.347 e. The second-order valence-corrected chi connectivity index (χ2v) is 5.11. The van der Waals surface area contributed by atoms with E-state index in [0.717, 1.165) is 19.1 Å². The lowest BCUT2D eigenvalue weighted by Crippen LogP contribution is -2.14. The Hall–Kier alpha value is -1.32. The zero-order valence-electron chi connectivity index (χ0n) is 10.9. The molecule has 1 fully saturated rings. The molecule has 2 aromatic rings. The Bertz CT molecular complexity index is 552. The first-order valence-corrected chi connectivity index (χ1v) is 6.86. The minimum absolute atomic E-state index is 0.608. The fourth-order valence-corrected chi connectivity index (χ4v) is 2.61. The highest BCUT2D eigenvalue weighted by Gasteiger charge is 2.21. The van der Waals surface area contributed by atoms with Crippen LogP contribution in [-0.4, -0.2) is 10.6 Å². The van der Waals surface area contributed by atoms with E-state index < -0.39 is 0 Å².